The highest BCUT2D eigenvalue weighted by atomic mass is 32.1. The first-order valence-corrected chi connectivity index (χ1v) is 7.05. The largest absolute Gasteiger partial charge is 0.484 e. The van der Waals surface area contributed by atoms with Crippen LogP contribution in [-0.4, -0.2) is 33.7 Å². The number of thiocarbonyl (C=S) groups is 1. The molecular weight excluding hydrogens is 318 g/mol. The number of H-pyrrole nitrogens is 1. The molecule has 0 bridgehead atoms. The van der Waals surface area contributed by atoms with Crippen molar-refractivity contribution in [1.29, 1.82) is 0 Å². The highest BCUT2D eigenvalue weighted by molar-refractivity contribution is 7.80. The van der Waals surface area contributed by atoms with Crippen LogP contribution in [-0.2, 0) is 4.79 Å². The summed E-state index contributed by atoms with van der Waals surface area (Å²) in [7, 11) is 0. The van der Waals surface area contributed by atoms with E-state index < -0.39 is 11.8 Å². The predicted molar refractivity (Wildman–Crippen MR) is 86.6 cm³/mol. The third-order valence-corrected chi connectivity index (χ3v) is 2.80. The van der Waals surface area contributed by atoms with Gasteiger partial charge in [0.1, 0.15) is 5.75 Å². The second-order valence-corrected chi connectivity index (χ2v) is 4.90. The van der Waals surface area contributed by atoms with Crippen molar-refractivity contribution in [1.82, 2.24) is 26.4 Å². The molecule has 0 spiro atoms. The number of hydrazine groups is 1. The molecule has 1 aromatic heterocycles. The van der Waals surface area contributed by atoms with Gasteiger partial charge in [0.2, 0.25) is 0 Å². The van der Waals surface area contributed by atoms with Crippen LogP contribution in [0.5, 0.6) is 5.75 Å². The number of aromatic nitrogens is 2. The maximum absolute atomic E-state index is 11.7. The summed E-state index contributed by atoms with van der Waals surface area (Å²) in [5, 5.41) is 8.76. The average Bonchev–Trinajstić information content (AvgIpc) is 2.98. The Morgan fingerprint density at radius 3 is 2.65 bits per heavy atom. The monoisotopic (exact) mass is 333 g/mol. The van der Waals surface area contributed by atoms with Crippen LogP contribution < -0.4 is 20.9 Å². The molecule has 4 N–H and O–H groups in total. The maximum atomic E-state index is 11.7. The Morgan fingerprint density at radius 1 is 1.26 bits per heavy atom. The molecule has 2 amide bonds. The number of para-hydroxylation sites is 1. The molecule has 2 aromatic rings. The van der Waals surface area contributed by atoms with Gasteiger partial charge < -0.3 is 4.74 Å². The van der Waals surface area contributed by atoms with Gasteiger partial charge in [-0.2, -0.15) is 5.10 Å². The van der Waals surface area contributed by atoms with E-state index in [0.29, 0.717) is 5.75 Å². The van der Waals surface area contributed by atoms with Gasteiger partial charge in [0.15, 0.2) is 17.4 Å². The number of nitrogens with one attached hydrogen (secondary N) is 4. The molecule has 120 valence electrons. The first-order chi connectivity index (χ1) is 11.0. The van der Waals surface area contributed by atoms with Crippen molar-refractivity contribution < 1.29 is 14.3 Å². The van der Waals surface area contributed by atoms with Gasteiger partial charge in [-0.1, -0.05) is 18.2 Å². The number of carbonyl (C=O) groups excluding carboxylic acids is 2. The van der Waals surface area contributed by atoms with Crippen LogP contribution in [0.3, 0.4) is 0 Å². The Labute approximate surface area is 137 Å². The van der Waals surface area contributed by atoms with Crippen LogP contribution in [0.4, 0.5) is 0 Å². The van der Waals surface area contributed by atoms with Gasteiger partial charge in [-0.15, -0.1) is 0 Å². The van der Waals surface area contributed by atoms with Crippen LogP contribution in [0.25, 0.3) is 0 Å². The number of hydrogen-bond donors (Lipinski definition) is 4. The van der Waals surface area contributed by atoms with Crippen molar-refractivity contribution in [3.8, 4) is 5.75 Å². The summed E-state index contributed by atoms with van der Waals surface area (Å²) in [6.45, 7) is 1.58. The Balaban J connectivity index is 1.69. The summed E-state index contributed by atoms with van der Waals surface area (Å²) < 4.78 is 5.27. The van der Waals surface area contributed by atoms with E-state index in [-0.39, 0.29) is 17.4 Å². The Bertz CT molecular complexity index is 701. The third kappa shape index (κ3) is 5.40. The molecule has 0 unspecified atom stereocenters. The predicted octanol–water partition coefficient (Wildman–Crippen LogP) is 0.433. The third-order valence-electron chi connectivity index (χ3n) is 2.59. The van der Waals surface area contributed by atoms with Crippen LogP contribution in [0.15, 0.2) is 36.4 Å². The zero-order valence-corrected chi connectivity index (χ0v) is 13.1. The van der Waals surface area contributed by atoms with Crippen LogP contribution in [0.1, 0.15) is 16.2 Å². The van der Waals surface area contributed by atoms with E-state index >= 15 is 0 Å². The van der Waals surface area contributed by atoms with E-state index in [4.69, 9.17) is 17.0 Å². The van der Waals surface area contributed by atoms with E-state index in [1.807, 2.05) is 6.07 Å². The van der Waals surface area contributed by atoms with Crippen molar-refractivity contribution in [3.63, 3.8) is 0 Å². The fourth-order valence-electron chi connectivity index (χ4n) is 1.57. The number of aromatic amines is 1. The Hall–Kier alpha value is -2.94. The molecule has 2 rings (SSSR count). The molecule has 1 aromatic carbocycles. The lowest BCUT2D eigenvalue weighted by Crippen LogP contribution is -2.49. The smallest absolute Gasteiger partial charge is 0.290 e. The van der Waals surface area contributed by atoms with Crippen LogP contribution >= 0.6 is 12.2 Å². The summed E-state index contributed by atoms with van der Waals surface area (Å²) in [6.07, 6.45) is 0. The van der Waals surface area contributed by atoms with Gasteiger partial charge in [0.25, 0.3) is 11.8 Å². The second kappa shape index (κ2) is 7.90. The average molecular weight is 333 g/mol. The van der Waals surface area contributed by atoms with Gasteiger partial charge in [0, 0.05) is 5.69 Å². The fraction of sp³-hybridized carbons (Fsp3) is 0.143. The van der Waals surface area contributed by atoms with Crippen molar-refractivity contribution in [2.45, 2.75) is 6.92 Å². The van der Waals surface area contributed by atoms with Gasteiger partial charge in [-0.25, -0.2) is 0 Å². The molecule has 0 fully saturated rings. The van der Waals surface area contributed by atoms with E-state index in [2.05, 4.69) is 26.4 Å². The number of aryl methyl sites for hydroxylation is 1. The quantitative estimate of drug-likeness (QED) is 0.477. The summed E-state index contributed by atoms with van der Waals surface area (Å²) in [4.78, 5) is 23.4. The standard InChI is InChI=1S/C14H15N5O3S/c1-9-7-11(17-16-9)13(21)18-19-14(23)15-12(20)8-22-10-5-3-2-4-6-10/h2-7H,8H2,1H3,(H,16,17)(H,18,21)(H2,15,19,20,23). The fourth-order valence-corrected chi connectivity index (χ4v) is 1.74. The molecule has 0 saturated carbocycles. The number of rotatable bonds is 4. The minimum Gasteiger partial charge on any atom is -0.484 e. The summed E-state index contributed by atoms with van der Waals surface area (Å²) in [6, 6.07) is 10.5. The lowest BCUT2D eigenvalue weighted by atomic mass is 10.3. The minimum atomic E-state index is -0.480. The molecule has 0 saturated heterocycles. The highest BCUT2D eigenvalue weighted by Crippen LogP contribution is 2.07. The minimum absolute atomic E-state index is 0.0488. The van der Waals surface area contributed by atoms with E-state index in [1.54, 1.807) is 37.3 Å². The molecule has 23 heavy (non-hydrogen) atoms. The van der Waals surface area contributed by atoms with Gasteiger partial charge >= 0.3 is 0 Å². The first kappa shape index (κ1) is 16.4. The van der Waals surface area contributed by atoms with Crippen molar-refractivity contribution >= 4 is 29.1 Å². The number of benzene rings is 1. The number of hydrogen-bond acceptors (Lipinski definition) is 5. The summed E-state index contributed by atoms with van der Waals surface area (Å²) in [5.74, 6) is -0.355. The normalized spacial score (nSPS) is 9.78. The molecule has 0 aliphatic carbocycles. The van der Waals surface area contributed by atoms with Crippen molar-refractivity contribution in [2.24, 2.45) is 0 Å². The number of ether oxygens (including phenoxy) is 1. The summed E-state index contributed by atoms with van der Waals surface area (Å²) >= 11 is 4.89. The van der Waals surface area contributed by atoms with Crippen molar-refractivity contribution in [2.75, 3.05) is 6.61 Å². The molecule has 8 nitrogen and oxygen atoms in total. The molecule has 0 aliphatic heterocycles. The number of carbonyl (C=O) groups is 2. The molecule has 0 atom stereocenters. The zero-order valence-electron chi connectivity index (χ0n) is 12.3. The molecule has 0 aliphatic rings. The number of amides is 2. The SMILES string of the molecule is Cc1cc(C(=O)NNC(=S)NC(=O)COc2ccccc2)n[nH]1. The van der Waals surface area contributed by atoms with Gasteiger partial charge in [-0.3, -0.25) is 30.9 Å². The Kier molecular flexibility index (Phi) is 5.64. The maximum Gasteiger partial charge on any atom is 0.290 e. The zero-order chi connectivity index (χ0) is 16.7. The lowest BCUT2D eigenvalue weighted by molar-refractivity contribution is -0.121. The van der Waals surface area contributed by atoms with E-state index in [0.717, 1.165) is 5.69 Å². The molecular formula is C14H15N5O3S. The first-order valence-electron chi connectivity index (χ1n) is 6.64. The molecule has 9 heteroatoms. The molecule has 0 radical (unpaired) electrons. The van der Waals surface area contributed by atoms with Crippen LogP contribution in [0.2, 0.25) is 0 Å². The highest BCUT2D eigenvalue weighted by Gasteiger charge is 2.10. The summed E-state index contributed by atoms with van der Waals surface area (Å²) in [5.41, 5.74) is 5.69. The Morgan fingerprint density at radius 2 is 2.00 bits per heavy atom. The van der Waals surface area contributed by atoms with Gasteiger partial charge in [-0.05, 0) is 37.3 Å². The number of nitrogens with zero attached hydrogens (tertiary/aromatic N) is 1. The van der Waals surface area contributed by atoms with E-state index in [1.165, 1.54) is 0 Å². The second-order valence-electron chi connectivity index (χ2n) is 4.49. The van der Waals surface area contributed by atoms with E-state index in [9.17, 15) is 9.59 Å². The van der Waals surface area contributed by atoms with Crippen molar-refractivity contribution in [3.05, 3.63) is 47.8 Å². The topological polar surface area (TPSA) is 108 Å². The van der Waals surface area contributed by atoms with Gasteiger partial charge in [0.05, 0.1) is 0 Å². The van der Waals surface area contributed by atoms with Crippen LogP contribution in [0, 0.1) is 6.92 Å². The lowest BCUT2D eigenvalue weighted by Gasteiger charge is -2.10. The molecule has 1 heterocycles.